The predicted molar refractivity (Wildman–Crippen MR) is 75.5 cm³/mol. The number of nitrogens with zero attached hydrogens (tertiary/aromatic N) is 2. The van der Waals surface area contributed by atoms with Crippen molar-refractivity contribution in [3.63, 3.8) is 0 Å². The van der Waals surface area contributed by atoms with Gasteiger partial charge in [-0.25, -0.2) is 9.97 Å². The van der Waals surface area contributed by atoms with Gasteiger partial charge >= 0.3 is 0 Å². The Morgan fingerprint density at radius 3 is 2.61 bits per heavy atom. The van der Waals surface area contributed by atoms with E-state index in [0.29, 0.717) is 5.95 Å². The van der Waals surface area contributed by atoms with Crippen LogP contribution in [0.25, 0.3) is 11.5 Å². The lowest BCUT2D eigenvalue weighted by Gasteiger charge is -2.20. The number of aryl methyl sites for hydroxylation is 1. The molecular formula is C13H16BrN3O. The molecule has 0 spiro atoms. The van der Waals surface area contributed by atoms with E-state index in [1.54, 1.807) is 12.5 Å². The molecule has 0 saturated heterocycles. The highest BCUT2D eigenvalue weighted by atomic mass is 79.9. The minimum absolute atomic E-state index is 0.0792. The van der Waals surface area contributed by atoms with Crippen molar-refractivity contribution in [3.8, 4) is 11.5 Å². The van der Waals surface area contributed by atoms with Crippen LogP contribution in [0.3, 0.4) is 0 Å². The number of anilines is 1. The summed E-state index contributed by atoms with van der Waals surface area (Å²) in [6.07, 6.45) is 3.44. The summed E-state index contributed by atoms with van der Waals surface area (Å²) in [5.41, 5.74) is 1.75. The van der Waals surface area contributed by atoms with Gasteiger partial charge in [-0.2, -0.15) is 0 Å². The van der Waals surface area contributed by atoms with E-state index < -0.39 is 0 Å². The third kappa shape index (κ3) is 3.10. The number of halogens is 1. The number of furan rings is 1. The average molecular weight is 310 g/mol. The fourth-order valence-electron chi connectivity index (χ4n) is 1.49. The molecule has 0 aliphatic carbocycles. The average Bonchev–Trinajstić information content (AvgIpc) is 2.66. The van der Waals surface area contributed by atoms with Gasteiger partial charge in [0.25, 0.3) is 0 Å². The van der Waals surface area contributed by atoms with Crippen LogP contribution in [0.5, 0.6) is 0 Å². The van der Waals surface area contributed by atoms with Crippen molar-refractivity contribution < 1.29 is 4.42 Å². The Kier molecular flexibility index (Phi) is 3.43. The highest BCUT2D eigenvalue weighted by Gasteiger charge is 2.15. The van der Waals surface area contributed by atoms with Crippen LogP contribution < -0.4 is 5.32 Å². The standard InChI is InChI=1S/C13H16BrN3O/c1-8-5-10(18-7-8)11-9(14)6-15-12(16-11)17-13(2,3)4/h5-7H,1-4H3,(H,15,16,17). The van der Waals surface area contributed by atoms with Crippen LogP contribution in [0.1, 0.15) is 26.3 Å². The first-order chi connectivity index (χ1) is 8.35. The van der Waals surface area contributed by atoms with Gasteiger partial charge in [0, 0.05) is 11.7 Å². The summed E-state index contributed by atoms with van der Waals surface area (Å²) in [6, 6.07) is 1.95. The second-order valence-corrected chi connectivity index (χ2v) is 6.11. The van der Waals surface area contributed by atoms with Crippen molar-refractivity contribution in [3.05, 3.63) is 28.6 Å². The summed E-state index contributed by atoms with van der Waals surface area (Å²) >= 11 is 3.44. The van der Waals surface area contributed by atoms with E-state index in [1.807, 2.05) is 13.0 Å². The molecule has 0 atom stereocenters. The van der Waals surface area contributed by atoms with Gasteiger partial charge in [0.15, 0.2) is 5.76 Å². The van der Waals surface area contributed by atoms with Gasteiger partial charge in [0.1, 0.15) is 5.69 Å². The summed E-state index contributed by atoms with van der Waals surface area (Å²) < 4.78 is 6.28. The van der Waals surface area contributed by atoms with E-state index >= 15 is 0 Å². The maximum Gasteiger partial charge on any atom is 0.223 e. The van der Waals surface area contributed by atoms with Crippen LogP contribution in [-0.2, 0) is 0 Å². The van der Waals surface area contributed by atoms with Gasteiger partial charge in [0.05, 0.1) is 10.7 Å². The first-order valence-electron chi connectivity index (χ1n) is 5.71. The largest absolute Gasteiger partial charge is 0.462 e. The van der Waals surface area contributed by atoms with Crippen LogP contribution in [0.15, 0.2) is 27.4 Å². The Balaban J connectivity index is 2.39. The van der Waals surface area contributed by atoms with E-state index in [2.05, 4.69) is 52.0 Å². The van der Waals surface area contributed by atoms with E-state index in [0.717, 1.165) is 21.5 Å². The molecule has 2 aromatic rings. The summed E-state index contributed by atoms with van der Waals surface area (Å²) in [5.74, 6) is 1.33. The smallest absolute Gasteiger partial charge is 0.223 e. The van der Waals surface area contributed by atoms with Crippen LogP contribution in [-0.4, -0.2) is 15.5 Å². The van der Waals surface area contributed by atoms with Crippen LogP contribution in [0.2, 0.25) is 0 Å². The molecule has 2 heterocycles. The van der Waals surface area contributed by atoms with Crippen molar-refractivity contribution in [2.24, 2.45) is 0 Å². The quantitative estimate of drug-likeness (QED) is 0.910. The van der Waals surface area contributed by atoms with Gasteiger partial charge in [-0.1, -0.05) is 0 Å². The minimum Gasteiger partial charge on any atom is -0.462 e. The Labute approximate surface area is 115 Å². The van der Waals surface area contributed by atoms with E-state index in [-0.39, 0.29) is 5.54 Å². The van der Waals surface area contributed by atoms with Crippen molar-refractivity contribution in [1.29, 1.82) is 0 Å². The Hall–Kier alpha value is -1.36. The lowest BCUT2D eigenvalue weighted by atomic mass is 10.1. The minimum atomic E-state index is -0.0792. The van der Waals surface area contributed by atoms with Gasteiger partial charge in [-0.3, -0.25) is 0 Å². The van der Waals surface area contributed by atoms with Gasteiger partial charge in [-0.15, -0.1) is 0 Å². The molecule has 2 rings (SSSR count). The SMILES string of the molecule is Cc1coc(-c2nc(NC(C)(C)C)ncc2Br)c1. The molecule has 96 valence electrons. The second-order valence-electron chi connectivity index (χ2n) is 5.25. The first kappa shape index (κ1) is 13.1. The maximum absolute atomic E-state index is 5.47. The third-order valence-electron chi connectivity index (χ3n) is 2.19. The molecule has 18 heavy (non-hydrogen) atoms. The topological polar surface area (TPSA) is 51.0 Å². The highest BCUT2D eigenvalue weighted by molar-refractivity contribution is 9.10. The van der Waals surface area contributed by atoms with E-state index in [9.17, 15) is 0 Å². The summed E-state index contributed by atoms with van der Waals surface area (Å²) in [7, 11) is 0. The monoisotopic (exact) mass is 309 g/mol. The molecule has 1 N–H and O–H groups in total. The molecule has 0 radical (unpaired) electrons. The fourth-order valence-corrected chi connectivity index (χ4v) is 1.88. The Bertz CT molecular complexity index is 558. The van der Waals surface area contributed by atoms with Crippen molar-refractivity contribution in [1.82, 2.24) is 9.97 Å². The van der Waals surface area contributed by atoms with E-state index in [4.69, 9.17) is 4.42 Å². The van der Waals surface area contributed by atoms with Crippen LogP contribution in [0, 0.1) is 6.92 Å². The molecule has 0 saturated carbocycles. The molecule has 0 aromatic carbocycles. The molecule has 0 aliphatic rings. The summed E-state index contributed by atoms with van der Waals surface area (Å²) in [4.78, 5) is 8.72. The highest BCUT2D eigenvalue weighted by Crippen LogP contribution is 2.28. The van der Waals surface area contributed by atoms with Crippen LogP contribution >= 0.6 is 15.9 Å². The normalized spacial score (nSPS) is 11.6. The first-order valence-corrected chi connectivity index (χ1v) is 6.51. The second kappa shape index (κ2) is 4.72. The lowest BCUT2D eigenvalue weighted by molar-refractivity contribution is 0.576. The molecule has 2 aromatic heterocycles. The van der Waals surface area contributed by atoms with E-state index in [1.165, 1.54) is 0 Å². The molecule has 0 unspecified atom stereocenters. The zero-order valence-electron chi connectivity index (χ0n) is 10.9. The zero-order valence-corrected chi connectivity index (χ0v) is 12.5. The fraction of sp³-hybridized carbons (Fsp3) is 0.385. The van der Waals surface area contributed by atoms with Crippen molar-refractivity contribution in [2.75, 3.05) is 5.32 Å². The predicted octanol–water partition coefficient (Wildman–Crippen LogP) is 4.02. The molecule has 0 bridgehead atoms. The van der Waals surface area contributed by atoms with Gasteiger partial charge in [-0.05, 0) is 55.3 Å². The van der Waals surface area contributed by atoms with Crippen molar-refractivity contribution >= 4 is 21.9 Å². The van der Waals surface area contributed by atoms with Crippen LogP contribution in [0.4, 0.5) is 5.95 Å². The number of hydrogen-bond donors (Lipinski definition) is 1. The number of aromatic nitrogens is 2. The zero-order chi connectivity index (χ0) is 13.3. The molecule has 5 heteroatoms. The lowest BCUT2D eigenvalue weighted by Crippen LogP contribution is -2.27. The Morgan fingerprint density at radius 2 is 2.06 bits per heavy atom. The number of rotatable bonds is 2. The molecule has 0 fully saturated rings. The Morgan fingerprint density at radius 1 is 1.33 bits per heavy atom. The number of nitrogens with one attached hydrogen (secondary N) is 1. The number of hydrogen-bond acceptors (Lipinski definition) is 4. The molecular weight excluding hydrogens is 294 g/mol. The van der Waals surface area contributed by atoms with Crippen molar-refractivity contribution in [2.45, 2.75) is 33.2 Å². The van der Waals surface area contributed by atoms with Gasteiger partial charge in [0.2, 0.25) is 5.95 Å². The molecule has 4 nitrogen and oxygen atoms in total. The van der Waals surface area contributed by atoms with Gasteiger partial charge < -0.3 is 9.73 Å². The summed E-state index contributed by atoms with van der Waals surface area (Å²) in [6.45, 7) is 8.18. The third-order valence-corrected chi connectivity index (χ3v) is 2.78. The summed E-state index contributed by atoms with van der Waals surface area (Å²) in [5, 5.41) is 3.24. The molecule has 0 amide bonds. The molecule has 0 aliphatic heterocycles. The maximum atomic E-state index is 5.47.